The van der Waals surface area contributed by atoms with Crippen molar-refractivity contribution >= 4 is 27.3 Å². The van der Waals surface area contributed by atoms with Crippen LogP contribution < -0.4 is 5.32 Å². The van der Waals surface area contributed by atoms with Crippen molar-refractivity contribution in [2.75, 3.05) is 26.2 Å². The van der Waals surface area contributed by atoms with E-state index < -0.39 is 0 Å². The van der Waals surface area contributed by atoms with Crippen molar-refractivity contribution < 1.29 is 0 Å². The molecule has 4 heteroatoms. The van der Waals surface area contributed by atoms with Gasteiger partial charge in [-0.25, -0.2) is 0 Å². The Morgan fingerprint density at radius 2 is 2.12 bits per heavy atom. The molecule has 1 aromatic heterocycles. The molecular formula is C12H21BrN2S. The van der Waals surface area contributed by atoms with Crippen LogP contribution in [0.1, 0.15) is 25.1 Å². The summed E-state index contributed by atoms with van der Waals surface area (Å²) in [6.07, 6.45) is 1.23. The third-order valence-electron chi connectivity index (χ3n) is 2.64. The molecule has 1 heterocycles. The van der Waals surface area contributed by atoms with Gasteiger partial charge in [0.2, 0.25) is 0 Å². The zero-order valence-corrected chi connectivity index (χ0v) is 12.5. The first-order valence-electron chi connectivity index (χ1n) is 5.92. The number of rotatable bonds is 8. The summed E-state index contributed by atoms with van der Waals surface area (Å²) in [6.45, 7) is 10.1. The highest BCUT2D eigenvalue weighted by Crippen LogP contribution is 2.19. The maximum atomic E-state index is 3.48. The third-order valence-corrected chi connectivity index (χ3v) is 4.34. The number of thiophene rings is 1. The van der Waals surface area contributed by atoms with Gasteiger partial charge in [-0.2, -0.15) is 0 Å². The molecule has 0 unspecified atom stereocenters. The Bertz CT molecular complexity index is 284. The van der Waals surface area contributed by atoms with E-state index in [9.17, 15) is 0 Å². The van der Waals surface area contributed by atoms with Crippen LogP contribution in [0.5, 0.6) is 0 Å². The molecule has 1 rings (SSSR count). The van der Waals surface area contributed by atoms with Crippen LogP contribution in [-0.2, 0) is 6.54 Å². The molecule has 0 atom stereocenters. The molecule has 92 valence electrons. The second-order valence-electron chi connectivity index (χ2n) is 3.79. The Kier molecular flexibility index (Phi) is 7.28. The van der Waals surface area contributed by atoms with Gasteiger partial charge < -0.3 is 10.2 Å². The molecule has 0 aliphatic carbocycles. The minimum Gasteiger partial charge on any atom is -0.312 e. The highest BCUT2D eigenvalue weighted by Gasteiger charge is 1.99. The zero-order valence-electron chi connectivity index (χ0n) is 10.1. The lowest BCUT2D eigenvalue weighted by Gasteiger charge is -2.17. The molecule has 0 aliphatic heterocycles. The Morgan fingerprint density at radius 3 is 2.69 bits per heavy atom. The van der Waals surface area contributed by atoms with Crippen LogP contribution in [-0.4, -0.2) is 31.1 Å². The van der Waals surface area contributed by atoms with Gasteiger partial charge in [0.05, 0.1) is 0 Å². The van der Waals surface area contributed by atoms with Crippen LogP contribution in [0.3, 0.4) is 0 Å². The fourth-order valence-electron chi connectivity index (χ4n) is 1.63. The van der Waals surface area contributed by atoms with Gasteiger partial charge in [-0.1, -0.05) is 13.8 Å². The lowest BCUT2D eigenvalue weighted by Crippen LogP contribution is -2.27. The molecule has 0 spiro atoms. The van der Waals surface area contributed by atoms with E-state index in [0.717, 1.165) is 26.2 Å². The molecule has 1 N–H and O–H groups in total. The van der Waals surface area contributed by atoms with Gasteiger partial charge in [0.15, 0.2) is 0 Å². The van der Waals surface area contributed by atoms with E-state index in [2.05, 4.69) is 51.4 Å². The van der Waals surface area contributed by atoms with E-state index in [4.69, 9.17) is 0 Å². The van der Waals surface area contributed by atoms with Crippen LogP contribution in [0, 0.1) is 0 Å². The number of hydrogen-bond acceptors (Lipinski definition) is 3. The summed E-state index contributed by atoms with van der Waals surface area (Å²) < 4.78 is 1.19. The van der Waals surface area contributed by atoms with Gasteiger partial charge in [0.25, 0.3) is 0 Å². The van der Waals surface area contributed by atoms with Crippen LogP contribution in [0.15, 0.2) is 15.9 Å². The SMILES string of the molecule is CCN(CC)CCCNCc1cc(Br)cs1. The summed E-state index contributed by atoms with van der Waals surface area (Å²) in [5.41, 5.74) is 0. The molecule has 0 amide bonds. The van der Waals surface area contributed by atoms with Gasteiger partial charge in [-0.3, -0.25) is 0 Å². The van der Waals surface area contributed by atoms with Crippen molar-refractivity contribution in [2.45, 2.75) is 26.8 Å². The minimum atomic E-state index is 0.995. The van der Waals surface area contributed by atoms with Crippen molar-refractivity contribution in [1.29, 1.82) is 0 Å². The molecule has 0 bridgehead atoms. The lowest BCUT2D eigenvalue weighted by atomic mass is 10.3. The predicted molar refractivity (Wildman–Crippen MR) is 76.1 cm³/mol. The molecule has 0 aromatic carbocycles. The summed E-state index contributed by atoms with van der Waals surface area (Å²) in [5.74, 6) is 0. The van der Waals surface area contributed by atoms with E-state index in [-0.39, 0.29) is 0 Å². The van der Waals surface area contributed by atoms with E-state index in [0.29, 0.717) is 0 Å². The van der Waals surface area contributed by atoms with E-state index >= 15 is 0 Å². The molecule has 0 saturated heterocycles. The first-order chi connectivity index (χ1) is 7.76. The normalized spacial score (nSPS) is 11.2. The largest absolute Gasteiger partial charge is 0.312 e. The molecule has 2 nitrogen and oxygen atoms in total. The first kappa shape index (κ1) is 14.2. The highest BCUT2D eigenvalue weighted by atomic mass is 79.9. The monoisotopic (exact) mass is 304 g/mol. The standard InChI is InChI=1S/C12H21BrN2S/c1-3-15(4-2)7-5-6-14-9-12-8-11(13)10-16-12/h8,10,14H,3-7,9H2,1-2H3. The molecule has 0 radical (unpaired) electrons. The van der Waals surface area contributed by atoms with Crippen LogP contribution in [0.4, 0.5) is 0 Å². The van der Waals surface area contributed by atoms with Crippen LogP contribution >= 0.6 is 27.3 Å². The lowest BCUT2D eigenvalue weighted by molar-refractivity contribution is 0.298. The van der Waals surface area contributed by atoms with Crippen LogP contribution in [0.25, 0.3) is 0 Å². The van der Waals surface area contributed by atoms with E-state index in [1.165, 1.54) is 22.3 Å². The van der Waals surface area contributed by atoms with E-state index in [1.807, 2.05) is 0 Å². The molecule has 0 saturated carbocycles. The van der Waals surface area contributed by atoms with Crippen molar-refractivity contribution in [2.24, 2.45) is 0 Å². The van der Waals surface area contributed by atoms with Gasteiger partial charge >= 0.3 is 0 Å². The second-order valence-corrected chi connectivity index (χ2v) is 5.70. The van der Waals surface area contributed by atoms with Gasteiger partial charge in [0.1, 0.15) is 0 Å². The van der Waals surface area contributed by atoms with Gasteiger partial charge in [-0.15, -0.1) is 11.3 Å². The third kappa shape index (κ3) is 5.43. The Morgan fingerprint density at radius 1 is 1.38 bits per heavy atom. The molecule has 0 aliphatic rings. The number of nitrogens with one attached hydrogen (secondary N) is 1. The summed E-state index contributed by atoms with van der Waals surface area (Å²) in [6, 6.07) is 2.18. The fourth-order valence-corrected chi connectivity index (χ4v) is 3.05. The predicted octanol–water partition coefficient (Wildman–Crippen LogP) is 3.33. The average molecular weight is 305 g/mol. The molecule has 1 aromatic rings. The maximum absolute atomic E-state index is 3.48. The number of halogens is 1. The fraction of sp³-hybridized carbons (Fsp3) is 0.667. The highest BCUT2D eigenvalue weighted by molar-refractivity contribution is 9.10. The van der Waals surface area contributed by atoms with E-state index in [1.54, 1.807) is 11.3 Å². The molecule has 0 fully saturated rings. The zero-order chi connectivity index (χ0) is 11.8. The summed E-state index contributed by atoms with van der Waals surface area (Å²) in [4.78, 5) is 3.86. The quantitative estimate of drug-likeness (QED) is 0.741. The smallest absolute Gasteiger partial charge is 0.0300 e. The van der Waals surface area contributed by atoms with Crippen LogP contribution in [0.2, 0.25) is 0 Å². The molecular weight excluding hydrogens is 284 g/mol. The number of hydrogen-bond donors (Lipinski definition) is 1. The minimum absolute atomic E-state index is 0.995. The Balaban J connectivity index is 2.04. The summed E-state index contributed by atoms with van der Waals surface area (Å²) in [7, 11) is 0. The van der Waals surface area contributed by atoms with Gasteiger partial charge in [-0.05, 0) is 54.6 Å². The second kappa shape index (κ2) is 8.23. The number of nitrogens with zero attached hydrogens (tertiary/aromatic N) is 1. The van der Waals surface area contributed by atoms with Crippen molar-refractivity contribution in [3.8, 4) is 0 Å². The summed E-state index contributed by atoms with van der Waals surface area (Å²) >= 11 is 5.27. The van der Waals surface area contributed by atoms with Crippen molar-refractivity contribution in [3.05, 3.63) is 20.8 Å². The van der Waals surface area contributed by atoms with Crippen molar-refractivity contribution in [3.63, 3.8) is 0 Å². The Hall–Kier alpha value is 0.1000. The Labute approximate surface area is 111 Å². The average Bonchev–Trinajstić information content (AvgIpc) is 2.70. The topological polar surface area (TPSA) is 15.3 Å². The summed E-state index contributed by atoms with van der Waals surface area (Å²) in [5, 5.41) is 5.61. The molecule has 16 heavy (non-hydrogen) atoms. The first-order valence-corrected chi connectivity index (χ1v) is 7.59. The maximum Gasteiger partial charge on any atom is 0.0300 e. The van der Waals surface area contributed by atoms with Gasteiger partial charge in [0, 0.05) is 21.3 Å². The van der Waals surface area contributed by atoms with Crippen molar-refractivity contribution in [1.82, 2.24) is 10.2 Å².